The minimum absolute atomic E-state index is 0.247. The van der Waals surface area contributed by atoms with Gasteiger partial charge in [-0.2, -0.15) is 0 Å². The molecule has 1 heterocycles. The standard InChI is InChI=1S/C18H28N2O7/c21-11-13(10-16(22)23)19-17(24)15(9-12-3-1-2-4-12)20-18(25)27-14-5-7-26-8-6-14/h11-15H,1-10H2,(H,19,24)(H,20,25)(H,22,23)/t13-,15+/m1/s1. The Hall–Kier alpha value is -2.16. The third kappa shape index (κ3) is 7.54. The number of carboxylic acid groups (broad SMARTS) is 1. The first-order chi connectivity index (χ1) is 13.0. The van der Waals surface area contributed by atoms with Gasteiger partial charge in [-0.15, -0.1) is 0 Å². The maximum atomic E-state index is 12.6. The summed E-state index contributed by atoms with van der Waals surface area (Å²) in [5, 5.41) is 13.8. The predicted octanol–water partition coefficient (Wildman–Crippen LogP) is 0.999. The smallest absolute Gasteiger partial charge is 0.408 e. The Kier molecular flexibility index (Phi) is 8.50. The lowest BCUT2D eigenvalue weighted by molar-refractivity contribution is -0.139. The molecule has 1 saturated carbocycles. The fraction of sp³-hybridized carbons (Fsp3) is 0.778. The fourth-order valence-electron chi connectivity index (χ4n) is 3.54. The first-order valence-electron chi connectivity index (χ1n) is 9.50. The molecule has 0 aromatic rings. The Balaban J connectivity index is 1.93. The molecule has 1 aliphatic heterocycles. The topological polar surface area (TPSA) is 131 Å². The highest BCUT2D eigenvalue weighted by atomic mass is 16.6. The van der Waals surface area contributed by atoms with Crippen molar-refractivity contribution in [3.8, 4) is 0 Å². The second-order valence-corrected chi connectivity index (χ2v) is 7.15. The van der Waals surface area contributed by atoms with Crippen LogP contribution in [0.25, 0.3) is 0 Å². The third-order valence-corrected chi connectivity index (χ3v) is 4.98. The quantitative estimate of drug-likeness (QED) is 0.505. The molecule has 0 spiro atoms. The van der Waals surface area contributed by atoms with E-state index < -0.39 is 36.5 Å². The molecule has 1 saturated heterocycles. The zero-order chi connectivity index (χ0) is 19.6. The van der Waals surface area contributed by atoms with Crippen LogP contribution in [-0.2, 0) is 23.9 Å². The molecular weight excluding hydrogens is 356 g/mol. The fourth-order valence-corrected chi connectivity index (χ4v) is 3.54. The highest BCUT2D eigenvalue weighted by molar-refractivity contribution is 5.88. The second-order valence-electron chi connectivity index (χ2n) is 7.15. The van der Waals surface area contributed by atoms with Gasteiger partial charge in [-0.1, -0.05) is 25.7 Å². The van der Waals surface area contributed by atoms with Gasteiger partial charge in [-0.05, 0) is 12.3 Å². The van der Waals surface area contributed by atoms with E-state index in [0.717, 1.165) is 25.7 Å². The van der Waals surface area contributed by atoms with Crippen molar-refractivity contribution in [2.75, 3.05) is 13.2 Å². The Morgan fingerprint density at radius 1 is 1.11 bits per heavy atom. The summed E-state index contributed by atoms with van der Waals surface area (Å²) in [6, 6.07) is -1.99. The number of hydrogen-bond acceptors (Lipinski definition) is 6. The second kappa shape index (κ2) is 10.9. The number of aliphatic carboxylic acids is 1. The van der Waals surface area contributed by atoms with E-state index in [1.54, 1.807) is 0 Å². The number of carbonyl (C=O) groups is 4. The van der Waals surface area contributed by atoms with Gasteiger partial charge in [0.1, 0.15) is 18.4 Å². The van der Waals surface area contributed by atoms with Crippen molar-refractivity contribution >= 4 is 24.3 Å². The SMILES string of the molecule is O=C[C@@H](CC(=O)O)NC(=O)[C@H](CC1CCCC1)NC(=O)OC1CCOCC1. The highest BCUT2D eigenvalue weighted by Gasteiger charge is 2.29. The number of ether oxygens (including phenoxy) is 2. The number of rotatable bonds is 9. The van der Waals surface area contributed by atoms with E-state index in [2.05, 4.69) is 10.6 Å². The third-order valence-electron chi connectivity index (χ3n) is 4.98. The minimum Gasteiger partial charge on any atom is -0.481 e. The Bertz CT molecular complexity index is 528. The average molecular weight is 384 g/mol. The van der Waals surface area contributed by atoms with Gasteiger partial charge in [0.2, 0.25) is 5.91 Å². The number of carbonyl (C=O) groups excluding carboxylic acids is 3. The maximum Gasteiger partial charge on any atom is 0.408 e. The summed E-state index contributed by atoms with van der Waals surface area (Å²) in [5.41, 5.74) is 0. The first-order valence-corrected chi connectivity index (χ1v) is 9.50. The van der Waals surface area contributed by atoms with E-state index in [0.29, 0.717) is 44.7 Å². The van der Waals surface area contributed by atoms with Gasteiger partial charge in [-0.25, -0.2) is 4.79 Å². The summed E-state index contributed by atoms with van der Waals surface area (Å²) in [6.07, 6.45) is 4.74. The summed E-state index contributed by atoms with van der Waals surface area (Å²) in [4.78, 5) is 46.6. The van der Waals surface area contributed by atoms with Crippen LogP contribution >= 0.6 is 0 Å². The number of aldehydes is 1. The molecule has 9 nitrogen and oxygen atoms in total. The van der Waals surface area contributed by atoms with Crippen LogP contribution in [-0.4, -0.2) is 60.8 Å². The first kappa shape index (κ1) is 21.1. The summed E-state index contributed by atoms with van der Waals surface area (Å²) in [5.74, 6) is -1.45. The molecule has 9 heteroatoms. The Morgan fingerprint density at radius 2 is 1.78 bits per heavy atom. The molecule has 152 valence electrons. The van der Waals surface area contributed by atoms with Gasteiger partial charge in [0.15, 0.2) is 0 Å². The van der Waals surface area contributed by atoms with Crippen molar-refractivity contribution in [1.29, 1.82) is 0 Å². The van der Waals surface area contributed by atoms with Gasteiger partial charge in [0.05, 0.1) is 25.7 Å². The lowest BCUT2D eigenvalue weighted by atomic mass is 9.97. The predicted molar refractivity (Wildman–Crippen MR) is 94.1 cm³/mol. The van der Waals surface area contributed by atoms with Crippen LogP contribution in [0.3, 0.4) is 0 Å². The molecule has 2 fully saturated rings. The van der Waals surface area contributed by atoms with E-state index in [1.807, 2.05) is 0 Å². The average Bonchev–Trinajstić information content (AvgIpc) is 3.14. The summed E-state index contributed by atoms with van der Waals surface area (Å²) >= 11 is 0. The van der Waals surface area contributed by atoms with Gasteiger partial charge in [0, 0.05) is 12.8 Å². The maximum absolute atomic E-state index is 12.6. The normalized spacial score (nSPS) is 20.4. The zero-order valence-electron chi connectivity index (χ0n) is 15.4. The largest absolute Gasteiger partial charge is 0.481 e. The molecule has 2 aliphatic rings. The van der Waals surface area contributed by atoms with Crippen LogP contribution in [0.5, 0.6) is 0 Å². The highest BCUT2D eigenvalue weighted by Crippen LogP contribution is 2.28. The monoisotopic (exact) mass is 384 g/mol. The molecule has 0 aromatic carbocycles. The van der Waals surface area contributed by atoms with E-state index in [9.17, 15) is 19.2 Å². The van der Waals surface area contributed by atoms with E-state index >= 15 is 0 Å². The number of hydrogen-bond donors (Lipinski definition) is 3. The molecule has 0 unspecified atom stereocenters. The molecule has 2 amide bonds. The lowest BCUT2D eigenvalue weighted by Gasteiger charge is -2.25. The van der Waals surface area contributed by atoms with Crippen molar-refractivity contribution in [3.63, 3.8) is 0 Å². The summed E-state index contributed by atoms with van der Waals surface area (Å²) in [7, 11) is 0. The van der Waals surface area contributed by atoms with Crippen molar-refractivity contribution in [3.05, 3.63) is 0 Å². The van der Waals surface area contributed by atoms with Crippen molar-refractivity contribution in [2.24, 2.45) is 5.92 Å². The van der Waals surface area contributed by atoms with Crippen LogP contribution in [0.15, 0.2) is 0 Å². The van der Waals surface area contributed by atoms with E-state index in [1.165, 1.54) is 0 Å². The Morgan fingerprint density at radius 3 is 2.37 bits per heavy atom. The van der Waals surface area contributed by atoms with Gasteiger partial charge in [0.25, 0.3) is 0 Å². The minimum atomic E-state index is -1.19. The number of amides is 2. The van der Waals surface area contributed by atoms with Gasteiger partial charge < -0.3 is 30.0 Å². The van der Waals surface area contributed by atoms with Crippen molar-refractivity contribution in [1.82, 2.24) is 10.6 Å². The van der Waals surface area contributed by atoms with Crippen LogP contribution in [0.1, 0.15) is 51.4 Å². The van der Waals surface area contributed by atoms with Crippen LogP contribution in [0.2, 0.25) is 0 Å². The summed E-state index contributed by atoms with van der Waals surface area (Å²) in [6.45, 7) is 1.06. The molecule has 27 heavy (non-hydrogen) atoms. The summed E-state index contributed by atoms with van der Waals surface area (Å²) < 4.78 is 10.6. The van der Waals surface area contributed by atoms with Crippen LogP contribution < -0.4 is 10.6 Å². The van der Waals surface area contributed by atoms with Gasteiger partial charge >= 0.3 is 12.1 Å². The zero-order valence-corrected chi connectivity index (χ0v) is 15.4. The Labute approximate surface area is 158 Å². The van der Waals surface area contributed by atoms with Gasteiger partial charge in [-0.3, -0.25) is 9.59 Å². The lowest BCUT2D eigenvalue weighted by Crippen LogP contribution is -2.51. The molecule has 0 radical (unpaired) electrons. The molecule has 3 N–H and O–H groups in total. The molecule has 1 aliphatic carbocycles. The molecular formula is C18H28N2O7. The van der Waals surface area contributed by atoms with Crippen LogP contribution in [0, 0.1) is 5.92 Å². The van der Waals surface area contributed by atoms with Crippen LogP contribution in [0.4, 0.5) is 4.79 Å². The molecule has 2 atom stereocenters. The van der Waals surface area contributed by atoms with E-state index in [-0.39, 0.29) is 6.10 Å². The molecule has 0 bridgehead atoms. The van der Waals surface area contributed by atoms with Crippen molar-refractivity contribution < 1.29 is 33.8 Å². The number of carboxylic acids is 1. The number of nitrogens with one attached hydrogen (secondary N) is 2. The van der Waals surface area contributed by atoms with E-state index in [4.69, 9.17) is 14.6 Å². The number of alkyl carbamates (subject to hydrolysis) is 1. The molecule has 2 rings (SSSR count). The van der Waals surface area contributed by atoms with Crippen molar-refractivity contribution in [2.45, 2.75) is 69.6 Å². The molecule has 0 aromatic heterocycles.